The highest BCUT2D eigenvalue weighted by Gasteiger charge is 2.45. The first kappa shape index (κ1) is 25.0. The number of alkyl halides is 3. The fourth-order valence-corrected chi connectivity index (χ4v) is 3.63. The normalized spacial score (nSPS) is 14.5. The van der Waals surface area contributed by atoms with E-state index >= 15 is 0 Å². The van der Waals surface area contributed by atoms with E-state index in [9.17, 15) is 22.8 Å². The third kappa shape index (κ3) is 6.61. The Morgan fingerprint density at radius 1 is 1.06 bits per heavy atom. The van der Waals surface area contributed by atoms with Gasteiger partial charge >= 0.3 is 12.1 Å². The Bertz CT molecular complexity index is 933. The topological polar surface area (TPSA) is 66.4 Å². The Morgan fingerprint density at radius 2 is 1.65 bits per heavy atom. The van der Waals surface area contributed by atoms with Crippen molar-refractivity contribution in [2.45, 2.75) is 44.7 Å². The molecule has 4 nitrogen and oxygen atoms in total. The maximum Gasteiger partial charge on any atom is 0.392 e. The lowest BCUT2D eigenvalue weighted by atomic mass is 9.85. The van der Waals surface area contributed by atoms with E-state index in [1.165, 1.54) is 36.4 Å². The molecule has 0 spiro atoms. The molecule has 2 aromatic carbocycles. The van der Waals surface area contributed by atoms with Crippen LogP contribution in [0.15, 0.2) is 42.5 Å². The quantitative estimate of drug-likeness (QED) is 0.437. The number of hydrogen-bond donors (Lipinski definition) is 2. The van der Waals surface area contributed by atoms with E-state index in [0.717, 1.165) is 6.92 Å². The molecule has 0 saturated heterocycles. The maximum absolute atomic E-state index is 13.5. The number of aliphatic carboxylic acids is 1. The van der Waals surface area contributed by atoms with Crippen molar-refractivity contribution in [2.24, 2.45) is 5.92 Å². The van der Waals surface area contributed by atoms with Gasteiger partial charge in [0.25, 0.3) is 0 Å². The van der Waals surface area contributed by atoms with Crippen LogP contribution in [0.1, 0.15) is 49.7 Å². The second-order valence-corrected chi connectivity index (χ2v) is 8.13. The molecule has 0 aliphatic heterocycles. The third-order valence-corrected chi connectivity index (χ3v) is 5.74. The van der Waals surface area contributed by atoms with Gasteiger partial charge in [0.15, 0.2) is 0 Å². The Morgan fingerprint density at radius 3 is 2.16 bits per heavy atom. The lowest BCUT2D eigenvalue weighted by Crippen LogP contribution is -2.34. The molecule has 1 amide bonds. The number of carbonyl (C=O) groups is 2. The number of amides is 1. The standard InChI is InChI=1S/C22H22Cl2F3NO3/c1-3-13(11-19(29)30)15-6-9-17(24)18(10-15)28-21(31)20(12(2)22(25,26)27)14-4-7-16(23)8-5-14/h4-10,12-13,20H,3,11H2,1-2H3,(H,28,31)(H,29,30)/t12-,13?,20+/m1/s1. The van der Waals surface area contributed by atoms with Crippen molar-refractivity contribution in [3.63, 3.8) is 0 Å². The van der Waals surface area contributed by atoms with Gasteiger partial charge in [-0.05, 0) is 47.7 Å². The average Bonchev–Trinajstić information content (AvgIpc) is 2.68. The molecule has 0 fully saturated rings. The lowest BCUT2D eigenvalue weighted by Gasteiger charge is -2.26. The van der Waals surface area contributed by atoms with E-state index in [-0.39, 0.29) is 28.6 Å². The summed E-state index contributed by atoms with van der Waals surface area (Å²) in [5.41, 5.74) is 0.911. The highest BCUT2D eigenvalue weighted by atomic mass is 35.5. The minimum absolute atomic E-state index is 0.121. The van der Waals surface area contributed by atoms with Crippen molar-refractivity contribution >= 4 is 40.8 Å². The molecule has 31 heavy (non-hydrogen) atoms. The number of carbonyl (C=O) groups excluding carboxylic acids is 1. The monoisotopic (exact) mass is 475 g/mol. The number of rotatable bonds is 8. The van der Waals surface area contributed by atoms with Crippen molar-refractivity contribution < 1.29 is 27.9 Å². The lowest BCUT2D eigenvalue weighted by molar-refractivity contribution is -0.178. The van der Waals surface area contributed by atoms with Crippen LogP contribution in [0.5, 0.6) is 0 Å². The number of carboxylic acids is 1. The van der Waals surface area contributed by atoms with Crippen molar-refractivity contribution in [2.75, 3.05) is 5.32 Å². The number of halogens is 5. The van der Waals surface area contributed by atoms with Crippen LogP contribution >= 0.6 is 23.2 Å². The van der Waals surface area contributed by atoms with Crippen LogP contribution in [0.3, 0.4) is 0 Å². The summed E-state index contributed by atoms with van der Waals surface area (Å²) in [6.45, 7) is 2.76. The summed E-state index contributed by atoms with van der Waals surface area (Å²) >= 11 is 12.0. The van der Waals surface area contributed by atoms with Gasteiger partial charge < -0.3 is 10.4 Å². The van der Waals surface area contributed by atoms with Crippen LogP contribution in [0.4, 0.5) is 18.9 Å². The van der Waals surface area contributed by atoms with E-state index in [0.29, 0.717) is 17.0 Å². The number of carboxylic acid groups (broad SMARTS) is 1. The van der Waals surface area contributed by atoms with Gasteiger partial charge in [-0.25, -0.2) is 0 Å². The molecule has 3 atom stereocenters. The molecule has 9 heteroatoms. The van der Waals surface area contributed by atoms with Crippen molar-refractivity contribution in [1.29, 1.82) is 0 Å². The summed E-state index contributed by atoms with van der Waals surface area (Å²) in [6, 6.07) is 10.2. The van der Waals surface area contributed by atoms with E-state index in [4.69, 9.17) is 28.3 Å². The van der Waals surface area contributed by atoms with Gasteiger partial charge in [0.2, 0.25) is 5.91 Å². The van der Waals surface area contributed by atoms with Gasteiger partial charge in [0.1, 0.15) is 0 Å². The van der Waals surface area contributed by atoms with E-state index < -0.39 is 29.9 Å². The summed E-state index contributed by atoms with van der Waals surface area (Å²) in [5, 5.41) is 12.1. The largest absolute Gasteiger partial charge is 0.481 e. The summed E-state index contributed by atoms with van der Waals surface area (Å²) in [6.07, 6.45) is -4.20. The fraction of sp³-hybridized carbons (Fsp3) is 0.364. The Labute approximate surface area is 188 Å². The predicted molar refractivity (Wildman–Crippen MR) is 115 cm³/mol. The molecule has 0 aromatic heterocycles. The van der Waals surface area contributed by atoms with E-state index in [1.54, 1.807) is 6.07 Å². The molecule has 1 unspecified atom stereocenters. The Balaban J connectivity index is 2.39. The van der Waals surface area contributed by atoms with Crippen LogP contribution < -0.4 is 5.32 Å². The zero-order valence-corrected chi connectivity index (χ0v) is 18.4. The smallest absolute Gasteiger partial charge is 0.392 e. The molecule has 168 valence electrons. The minimum Gasteiger partial charge on any atom is -0.481 e. The average molecular weight is 476 g/mol. The first-order valence-corrected chi connectivity index (χ1v) is 10.3. The second-order valence-electron chi connectivity index (χ2n) is 7.29. The molecule has 0 heterocycles. The SMILES string of the molecule is CCC(CC(=O)O)c1ccc(Cl)c(NC(=O)[C@H](c2ccc(Cl)cc2)[C@@H](C)C(F)(F)F)c1. The molecule has 0 aliphatic rings. The van der Waals surface area contributed by atoms with Gasteiger partial charge in [-0.3, -0.25) is 9.59 Å². The molecular weight excluding hydrogens is 454 g/mol. The van der Waals surface area contributed by atoms with Crippen LogP contribution in [-0.4, -0.2) is 23.2 Å². The van der Waals surface area contributed by atoms with E-state index in [1.807, 2.05) is 6.92 Å². The molecule has 0 radical (unpaired) electrons. The van der Waals surface area contributed by atoms with Gasteiger partial charge in [-0.15, -0.1) is 0 Å². The van der Waals surface area contributed by atoms with Crippen molar-refractivity contribution in [1.82, 2.24) is 0 Å². The summed E-state index contributed by atoms with van der Waals surface area (Å²) in [7, 11) is 0. The summed E-state index contributed by atoms with van der Waals surface area (Å²) < 4.78 is 40.5. The molecule has 0 aliphatic carbocycles. The van der Waals surface area contributed by atoms with Crippen molar-refractivity contribution in [3.8, 4) is 0 Å². The van der Waals surface area contributed by atoms with E-state index in [2.05, 4.69) is 5.32 Å². The zero-order chi connectivity index (χ0) is 23.3. The molecular formula is C22H22Cl2F3NO3. The predicted octanol–water partition coefficient (Wildman–Crippen LogP) is 6.88. The minimum atomic E-state index is -4.61. The number of hydrogen-bond acceptors (Lipinski definition) is 2. The van der Waals surface area contributed by atoms with Crippen molar-refractivity contribution in [3.05, 3.63) is 63.6 Å². The number of anilines is 1. The Hall–Kier alpha value is -2.25. The second kappa shape index (κ2) is 10.4. The van der Waals surface area contributed by atoms with Gasteiger partial charge in [-0.1, -0.05) is 55.2 Å². The first-order chi connectivity index (χ1) is 14.4. The fourth-order valence-electron chi connectivity index (χ4n) is 3.34. The van der Waals surface area contributed by atoms with Crippen LogP contribution in [0.2, 0.25) is 10.0 Å². The van der Waals surface area contributed by atoms with Crippen LogP contribution in [0.25, 0.3) is 0 Å². The highest BCUT2D eigenvalue weighted by Crippen LogP contribution is 2.39. The number of benzene rings is 2. The first-order valence-electron chi connectivity index (χ1n) is 9.58. The molecule has 2 aromatic rings. The van der Waals surface area contributed by atoms with Gasteiger partial charge in [0.05, 0.1) is 29.0 Å². The Kier molecular flexibility index (Phi) is 8.37. The van der Waals surface area contributed by atoms with Gasteiger partial charge in [0, 0.05) is 5.02 Å². The summed E-state index contributed by atoms with van der Waals surface area (Å²) in [4.78, 5) is 24.1. The third-order valence-electron chi connectivity index (χ3n) is 5.16. The number of nitrogens with one attached hydrogen (secondary N) is 1. The zero-order valence-electron chi connectivity index (χ0n) is 16.8. The molecule has 2 N–H and O–H groups in total. The van der Waals surface area contributed by atoms with Crippen LogP contribution in [-0.2, 0) is 9.59 Å². The maximum atomic E-state index is 13.5. The highest BCUT2D eigenvalue weighted by molar-refractivity contribution is 6.33. The van der Waals surface area contributed by atoms with Gasteiger partial charge in [-0.2, -0.15) is 13.2 Å². The molecule has 0 saturated carbocycles. The van der Waals surface area contributed by atoms with Crippen LogP contribution in [0, 0.1) is 5.92 Å². The molecule has 0 bridgehead atoms. The summed E-state index contributed by atoms with van der Waals surface area (Å²) in [5.74, 6) is -5.68. The molecule has 2 rings (SSSR count).